The second-order valence-corrected chi connectivity index (χ2v) is 5.81. The molecule has 0 atom stereocenters. The maximum Gasteiger partial charge on any atom is 0.401 e. The molecule has 2 fully saturated rings. The first kappa shape index (κ1) is 22.7. The van der Waals surface area contributed by atoms with Gasteiger partial charge in [-0.05, 0) is 19.3 Å². The third-order valence-electron chi connectivity index (χ3n) is 4.09. The lowest BCUT2D eigenvalue weighted by Crippen LogP contribution is -2.58. The fourth-order valence-corrected chi connectivity index (χ4v) is 2.85. The summed E-state index contributed by atoms with van der Waals surface area (Å²) in [5, 5.41) is 0. The number of carbonyl (C=O) groups is 1. The van der Waals surface area contributed by atoms with E-state index in [4.69, 9.17) is 10.5 Å². The van der Waals surface area contributed by atoms with E-state index < -0.39 is 18.3 Å². The summed E-state index contributed by atoms with van der Waals surface area (Å²) in [6.45, 7) is 1.34. The van der Waals surface area contributed by atoms with Gasteiger partial charge >= 0.3 is 6.18 Å². The molecular weight excluding hydrogens is 358 g/mol. The molecule has 2 N–H and O–H groups in total. The van der Waals surface area contributed by atoms with E-state index in [1.807, 2.05) is 0 Å². The summed E-state index contributed by atoms with van der Waals surface area (Å²) >= 11 is 0. The summed E-state index contributed by atoms with van der Waals surface area (Å²) in [4.78, 5) is 15.5. The van der Waals surface area contributed by atoms with Crippen molar-refractivity contribution in [2.75, 3.05) is 45.9 Å². The van der Waals surface area contributed by atoms with Gasteiger partial charge in [0.05, 0.1) is 12.1 Å². The van der Waals surface area contributed by atoms with Crippen LogP contribution < -0.4 is 5.73 Å². The predicted octanol–water partition coefficient (Wildman–Crippen LogP) is 1.43. The fourth-order valence-electron chi connectivity index (χ4n) is 2.85. The highest BCUT2D eigenvalue weighted by molar-refractivity contribution is 5.86. The molecule has 0 aromatic heterocycles. The van der Waals surface area contributed by atoms with Gasteiger partial charge in [-0.15, -0.1) is 24.8 Å². The van der Waals surface area contributed by atoms with Gasteiger partial charge in [-0.1, -0.05) is 0 Å². The van der Waals surface area contributed by atoms with Crippen LogP contribution in [0.15, 0.2) is 0 Å². The molecule has 2 heterocycles. The largest absolute Gasteiger partial charge is 0.401 e. The van der Waals surface area contributed by atoms with Crippen LogP contribution in [0.2, 0.25) is 0 Å². The molecule has 0 saturated carbocycles. The SMILES string of the molecule is Cl.Cl.NC1(C(=O)N2CCCN(CC(F)(F)F)CC2)CCOCC1. The summed E-state index contributed by atoms with van der Waals surface area (Å²) in [5.74, 6) is -0.153. The van der Waals surface area contributed by atoms with Gasteiger partial charge in [-0.25, -0.2) is 0 Å². The van der Waals surface area contributed by atoms with Crippen LogP contribution in [0.3, 0.4) is 0 Å². The maximum absolute atomic E-state index is 12.5. The Balaban J connectivity index is 0.00000242. The number of halogens is 5. The monoisotopic (exact) mass is 381 g/mol. The molecule has 1 amide bonds. The molecule has 0 radical (unpaired) electrons. The number of hydrogen-bond donors (Lipinski definition) is 1. The van der Waals surface area contributed by atoms with E-state index in [-0.39, 0.29) is 37.3 Å². The van der Waals surface area contributed by atoms with Crippen molar-refractivity contribution in [1.29, 1.82) is 0 Å². The van der Waals surface area contributed by atoms with Crippen molar-refractivity contribution in [2.24, 2.45) is 5.73 Å². The molecule has 0 unspecified atom stereocenters. The lowest BCUT2D eigenvalue weighted by atomic mass is 9.89. The summed E-state index contributed by atoms with van der Waals surface area (Å²) < 4.78 is 42.5. The van der Waals surface area contributed by atoms with Crippen LogP contribution >= 0.6 is 24.8 Å². The molecule has 0 spiro atoms. The molecule has 2 rings (SSSR count). The van der Waals surface area contributed by atoms with Crippen molar-refractivity contribution < 1.29 is 22.7 Å². The number of carbonyl (C=O) groups excluding carboxylic acids is 1. The van der Waals surface area contributed by atoms with E-state index in [0.29, 0.717) is 52.1 Å². The highest BCUT2D eigenvalue weighted by atomic mass is 35.5. The van der Waals surface area contributed by atoms with Crippen molar-refractivity contribution in [3.8, 4) is 0 Å². The normalized spacial score (nSPS) is 22.5. The van der Waals surface area contributed by atoms with Crippen LogP contribution in [0.5, 0.6) is 0 Å². The molecule has 138 valence electrons. The van der Waals surface area contributed by atoms with Crippen LogP contribution in [0, 0.1) is 0 Å². The van der Waals surface area contributed by atoms with E-state index in [1.165, 1.54) is 4.90 Å². The van der Waals surface area contributed by atoms with Gasteiger partial charge in [0.2, 0.25) is 5.91 Å². The quantitative estimate of drug-likeness (QED) is 0.785. The molecule has 23 heavy (non-hydrogen) atoms. The molecule has 0 aromatic carbocycles. The molecule has 2 aliphatic heterocycles. The van der Waals surface area contributed by atoms with E-state index >= 15 is 0 Å². The van der Waals surface area contributed by atoms with Gasteiger partial charge < -0.3 is 15.4 Å². The topological polar surface area (TPSA) is 58.8 Å². The second-order valence-electron chi connectivity index (χ2n) is 5.81. The van der Waals surface area contributed by atoms with Gasteiger partial charge in [0.25, 0.3) is 0 Å². The van der Waals surface area contributed by atoms with E-state index in [0.717, 1.165) is 0 Å². The molecule has 2 saturated heterocycles. The van der Waals surface area contributed by atoms with Gasteiger partial charge in [0.15, 0.2) is 0 Å². The molecule has 10 heteroatoms. The summed E-state index contributed by atoms with van der Waals surface area (Å²) in [7, 11) is 0. The minimum Gasteiger partial charge on any atom is -0.381 e. The number of ether oxygens (including phenoxy) is 1. The molecule has 0 aliphatic carbocycles. The number of amides is 1. The Morgan fingerprint density at radius 1 is 1.09 bits per heavy atom. The predicted molar refractivity (Wildman–Crippen MR) is 85.2 cm³/mol. The van der Waals surface area contributed by atoms with Crippen LogP contribution in [-0.4, -0.2) is 73.4 Å². The van der Waals surface area contributed by atoms with Crippen molar-refractivity contribution in [3.63, 3.8) is 0 Å². The molecule has 0 aromatic rings. The highest BCUT2D eigenvalue weighted by Gasteiger charge is 2.39. The smallest absolute Gasteiger partial charge is 0.381 e. The minimum atomic E-state index is -4.20. The van der Waals surface area contributed by atoms with Gasteiger partial charge in [0.1, 0.15) is 0 Å². The Labute approximate surface area is 146 Å². The first-order chi connectivity index (χ1) is 9.80. The first-order valence-electron chi connectivity index (χ1n) is 7.25. The van der Waals surface area contributed by atoms with Crippen LogP contribution in [0.4, 0.5) is 13.2 Å². The van der Waals surface area contributed by atoms with Gasteiger partial charge in [-0.2, -0.15) is 13.2 Å². The van der Waals surface area contributed by atoms with Crippen LogP contribution in [-0.2, 0) is 9.53 Å². The van der Waals surface area contributed by atoms with E-state index in [9.17, 15) is 18.0 Å². The van der Waals surface area contributed by atoms with Crippen molar-refractivity contribution >= 4 is 30.7 Å². The van der Waals surface area contributed by atoms with Crippen LogP contribution in [0.1, 0.15) is 19.3 Å². The second kappa shape index (κ2) is 9.27. The van der Waals surface area contributed by atoms with Crippen molar-refractivity contribution in [1.82, 2.24) is 9.80 Å². The average Bonchev–Trinajstić information content (AvgIpc) is 2.62. The zero-order valence-corrected chi connectivity index (χ0v) is 14.4. The number of rotatable bonds is 2. The lowest BCUT2D eigenvalue weighted by molar-refractivity contribution is -0.146. The Hall–Kier alpha value is -0.280. The Morgan fingerprint density at radius 2 is 1.70 bits per heavy atom. The zero-order valence-electron chi connectivity index (χ0n) is 12.8. The highest BCUT2D eigenvalue weighted by Crippen LogP contribution is 2.22. The minimum absolute atomic E-state index is 0. The average molecular weight is 382 g/mol. The Morgan fingerprint density at radius 3 is 2.26 bits per heavy atom. The number of nitrogens with two attached hydrogens (primary N) is 1. The summed E-state index contributed by atoms with van der Waals surface area (Å²) in [6, 6.07) is 0. The molecule has 5 nitrogen and oxygen atoms in total. The third-order valence-corrected chi connectivity index (χ3v) is 4.09. The number of hydrogen-bond acceptors (Lipinski definition) is 4. The van der Waals surface area contributed by atoms with Crippen molar-refractivity contribution in [2.45, 2.75) is 31.0 Å². The number of alkyl halides is 3. The number of nitrogens with zero attached hydrogens (tertiary/aromatic N) is 2. The zero-order chi connectivity index (χ0) is 15.5. The molecule has 0 bridgehead atoms. The van der Waals surface area contributed by atoms with Gasteiger partial charge in [-0.3, -0.25) is 9.69 Å². The maximum atomic E-state index is 12.5. The van der Waals surface area contributed by atoms with Crippen LogP contribution in [0.25, 0.3) is 0 Å². The van der Waals surface area contributed by atoms with Gasteiger partial charge in [0, 0.05) is 39.4 Å². The summed E-state index contributed by atoms with van der Waals surface area (Å²) in [6.07, 6.45) is -2.73. The summed E-state index contributed by atoms with van der Waals surface area (Å²) in [5.41, 5.74) is 5.24. The third kappa shape index (κ3) is 6.62. The van der Waals surface area contributed by atoms with E-state index in [2.05, 4.69) is 0 Å². The van der Waals surface area contributed by atoms with E-state index in [1.54, 1.807) is 4.90 Å². The molecular formula is C13H24Cl2F3N3O2. The first-order valence-corrected chi connectivity index (χ1v) is 7.25. The Kier molecular flexibility index (Phi) is 9.15. The standard InChI is InChI=1S/C13H22F3N3O2.2ClH/c14-13(15,16)10-18-4-1-5-19(7-6-18)11(20)12(17)2-8-21-9-3-12;;/h1-10,17H2;2*1H. The van der Waals surface area contributed by atoms with Crippen molar-refractivity contribution in [3.05, 3.63) is 0 Å². The fraction of sp³-hybridized carbons (Fsp3) is 0.923. The lowest BCUT2D eigenvalue weighted by Gasteiger charge is -2.36. The molecule has 2 aliphatic rings. The Bertz CT molecular complexity index is 380.